The van der Waals surface area contributed by atoms with Crippen LogP contribution in [-0.2, 0) is 26.1 Å². The summed E-state index contributed by atoms with van der Waals surface area (Å²) in [4.78, 5) is 0. The third-order valence-corrected chi connectivity index (χ3v) is 15.7. The maximum absolute atomic E-state index is 2.55. The van der Waals surface area contributed by atoms with E-state index in [1.54, 1.807) is 24.6 Å². The van der Waals surface area contributed by atoms with Crippen molar-refractivity contribution in [2.45, 2.75) is 33.4 Å². The Hall–Kier alpha value is -0.277. The van der Waals surface area contributed by atoms with E-state index in [0.29, 0.717) is 2.86 Å². The van der Waals surface area contributed by atoms with Crippen LogP contribution in [0.5, 0.6) is 0 Å². The number of hydrogen-bond donors (Lipinski definition) is 0. The van der Waals surface area contributed by atoms with Crippen LogP contribution in [0.1, 0.15) is 38.8 Å². The third kappa shape index (κ3) is 4.81. The molecule has 4 rings (SSSR count). The average Bonchev–Trinajstić information content (AvgIpc) is 3.20. The van der Waals surface area contributed by atoms with Gasteiger partial charge in [-0.05, 0) is 0 Å². The fraction of sp³-hybridized carbons (Fsp3) is 0.250. The van der Waals surface area contributed by atoms with Crippen LogP contribution in [0.4, 0.5) is 0 Å². The molecule has 0 saturated heterocycles. The van der Waals surface area contributed by atoms with Crippen molar-refractivity contribution in [2.75, 3.05) is 0 Å². The van der Waals surface area contributed by atoms with Crippen LogP contribution in [-0.4, -0.2) is 13.5 Å². The van der Waals surface area contributed by atoms with E-state index >= 15 is 0 Å². The smallest absolute Gasteiger partial charge is 0.147 e. The molecule has 2 atom stereocenters. The van der Waals surface area contributed by atoms with Crippen molar-refractivity contribution in [2.24, 2.45) is 0 Å². The van der Waals surface area contributed by atoms with Crippen molar-refractivity contribution in [3.8, 4) is 0 Å². The van der Waals surface area contributed by atoms with Crippen LogP contribution < -0.4 is 0 Å². The molecule has 2 aliphatic rings. The van der Waals surface area contributed by atoms with Crippen molar-refractivity contribution in [1.29, 1.82) is 0 Å². The van der Waals surface area contributed by atoms with Crippen LogP contribution in [0.3, 0.4) is 0 Å². The Kier molecular flexibility index (Phi) is 8.53. The van der Waals surface area contributed by atoms with Gasteiger partial charge in [-0.1, -0.05) is 0 Å². The van der Waals surface area contributed by atoms with E-state index in [4.69, 9.17) is 0 Å². The van der Waals surface area contributed by atoms with Crippen LogP contribution in [0.25, 0.3) is 0 Å². The van der Waals surface area contributed by atoms with E-state index in [2.05, 4.69) is 101 Å². The molecule has 29 heavy (non-hydrogen) atoms. The number of benzene rings is 2. The van der Waals surface area contributed by atoms with Gasteiger partial charge in [-0.25, -0.2) is 0 Å². The van der Waals surface area contributed by atoms with Gasteiger partial charge in [0.25, 0.3) is 0 Å². The number of allylic oxidation sites excluding steroid dienone is 4. The molecule has 2 heterocycles. The summed E-state index contributed by atoms with van der Waals surface area (Å²) in [5.41, 5.74) is 6.06. The summed E-state index contributed by atoms with van der Waals surface area (Å²) >= 11 is -0.863. The van der Waals surface area contributed by atoms with E-state index < -0.39 is 23.2 Å². The zero-order valence-electron chi connectivity index (χ0n) is 17.1. The first kappa shape index (κ1) is 25.0. The Labute approximate surface area is 202 Å². The molecule has 2 aliphatic heterocycles. The Bertz CT molecular complexity index is 996. The van der Waals surface area contributed by atoms with Crippen LogP contribution in [0.2, 0.25) is 0 Å². The van der Waals surface area contributed by atoms with Crippen molar-refractivity contribution in [3.63, 3.8) is 0 Å². The molecule has 150 valence electrons. The molecular formula is C24H26Cl2P2Zr. The van der Waals surface area contributed by atoms with Gasteiger partial charge < -0.3 is 0 Å². The van der Waals surface area contributed by atoms with Gasteiger partial charge in [0, 0.05) is 0 Å². The molecule has 2 unspecified atom stereocenters. The Morgan fingerprint density at radius 2 is 1.38 bits per heavy atom. The SMILES string of the molecule is CC1=P[C](C)([Zr][C]2(c3ccccc3)C=CC(c3ccccc3)=P2)C(C)=C1C.Cl.Cl. The summed E-state index contributed by atoms with van der Waals surface area (Å²) in [6.07, 6.45) is 4.96. The molecule has 5 heteroatoms. The van der Waals surface area contributed by atoms with Gasteiger partial charge in [-0.2, -0.15) is 0 Å². The summed E-state index contributed by atoms with van der Waals surface area (Å²) in [5.74, 6) is 0. The quantitative estimate of drug-likeness (QED) is 0.350. The molecule has 0 bridgehead atoms. The maximum atomic E-state index is 2.55. The van der Waals surface area contributed by atoms with E-state index in [1.807, 2.05) is 0 Å². The van der Waals surface area contributed by atoms with E-state index in [0.717, 1.165) is 0 Å². The molecule has 0 spiro atoms. The first-order chi connectivity index (χ1) is 12.9. The summed E-state index contributed by atoms with van der Waals surface area (Å²) in [6.45, 7) is 9.56. The summed E-state index contributed by atoms with van der Waals surface area (Å²) in [6, 6.07) is 22.2. The Morgan fingerprint density at radius 3 is 1.93 bits per heavy atom. The van der Waals surface area contributed by atoms with E-state index in [9.17, 15) is 0 Å². The standard InChI is InChI=1S/C16H12P.C8H12P.2ClH.Zr/c1-3-7-13(8-4-1)15-11-12-16(17-15)14-9-5-2-6-10-14;1-5-6(2)8(4)9-7(5)3;;;/h1-12H;1-4H3;2*1H;. The van der Waals surface area contributed by atoms with Gasteiger partial charge in [0.15, 0.2) is 0 Å². The van der Waals surface area contributed by atoms with E-state index in [1.165, 1.54) is 24.6 Å². The summed E-state index contributed by atoms with van der Waals surface area (Å²) in [7, 11) is 3.02. The van der Waals surface area contributed by atoms with Crippen molar-refractivity contribution in [1.82, 2.24) is 0 Å². The second-order valence-corrected chi connectivity index (χ2v) is 17.8. The second-order valence-electron chi connectivity index (χ2n) is 7.47. The molecule has 0 saturated carbocycles. The minimum absolute atomic E-state index is 0. The summed E-state index contributed by atoms with van der Waals surface area (Å²) in [5, 5.41) is 3.04. The molecule has 0 amide bonds. The number of rotatable bonds is 4. The minimum atomic E-state index is -0.863. The van der Waals surface area contributed by atoms with Gasteiger partial charge in [-0.3, -0.25) is 0 Å². The van der Waals surface area contributed by atoms with Crippen LogP contribution in [0, 0.1) is 0 Å². The molecule has 0 fully saturated rings. The zero-order valence-corrected chi connectivity index (χ0v) is 23.0. The largest absolute Gasteiger partial charge is 0.147 e. The molecule has 2 aromatic rings. The Balaban J connectivity index is 0.00000150. The molecule has 2 aromatic carbocycles. The van der Waals surface area contributed by atoms with Gasteiger partial charge in [0.2, 0.25) is 0 Å². The first-order valence-corrected chi connectivity index (χ1v) is 13.6. The van der Waals surface area contributed by atoms with E-state index in [-0.39, 0.29) is 27.7 Å². The third-order valence-electron chi connectivity index (χ3n) is 5.72. The van der Waals surface area contributed by atoms with Crippen LogP contribution in [0.15, 0.2) is 84.0 Å². The normalized spacial score (nSPS) is 26.2. The van der Waals surface area contributed by atoms with Crippen molar-refractivity contribution >= 4 is 51.8 Å². The summed E-state index contributed by atoms with van der Waals surface area (Å²) < 4.78 is 0.584. The molecule has 0 nitrogen and oxygen atoms in total. The van der Waals surface area contributed by atoms with Gasteiger partial charge in [0.05, 0.1) is 0 Å². The fourth-order valence-electron chi connectivity index (χ4n) is 3.86. The predicted molar refractivity (Wildman–Crippen MR) is 134 cm³/mol. The van der Waals surface area contributed by atoms with Crippen LogP contribution >= 0.6 is 41.2 Å². The minimum Gasteiger partial charge on any atom is -0.147 e. The van der Waals surface area contributed by atoms with Crippen molar-refractivity contribution in [3.05, 3.63) is 95.1 Å². The number of halogens is 2. The molecule has 0 aliphatic carbocycles. The van der Waals surface area contributed by atoms with Gasteiger partial charge in [-0.15, -0.1) is 24.8 Å². The molecule has 0 radical (unpaired) electrons. The van der Waals surface area contributed by atoms with Gasteiger partial charge in [0.1, 0.15) is 0 Å². The molecular weight excluding hydrogens is 512 g/mol. The predicted octanol–water partition coefficient (Wildman–Crippen LogP) is 7.71. The first-order valence-electron chi connectivity index (χ1n) is 9.38. The zero-order chi connectivity index (χ0) is 19.1. The average molecular weight is 539 g/mol. The van der Waals surface area contributed by atoms with Gasteiger partial charge >= 0.3 is 179 Å². The topological polar surface area (TPSA) is 0 Å². The molecule has 0 aromatic heterocycles. The van der Waals surface area contributed by atoms with Crippen molar-refractivity contribution < 1.29 is 23.2 Å². The number of hydrogen-bond acceptors (Lipinski definition) is 0. The fourth-order valence-corrected chi connectivity index (χ4v) is 16.3. The Morgan fingerprint density at radius 1 is 0.793 bits per heavy atom. The molecule has 0 N–H and O–H groups in total. The second kappa shape index (κ2) is 9.90. The maximum Gasteiger partial charge on any atom is -0.147 e. The monoisotopic (exact) mass is 536 g/mol.